The number of rotatable bonds is 7. The van der Waals surface area contributed by atoms with Gasteiger partial charge >= 0.3 is 5.97 Å². The van der Waals surface area contributed by atoms with Gasteiger partial charge in [-0.1, -0.05) is 35.9 Å². The van der Waals surface area contributed by atoms with Crippen LogP contribution in [0.15, 0.2) is 48.5 Å². The van der Waals surface area contributed by atoms with Crippen molar-refractivity contribution in [3.05, 3.63) is 65.2 Å². The van der Waals surface area contributed by atoms with E-state index in [1.807, 2.05) is 49.4 Å². The summed E-state index contributed by atoms with van der Waals surface area (Å²) in [6.07, 6.45) is 3.42. The number of nitrogens with zero attached hydrogens (tertiary/aromatic N) is 1. The number of ether oxygens (including phenoxy) is 3. The lowest BCUT2D eigenvalue weighted by molar-refractivity contribution is -0.141. The van der Waals surface area contributed by atoms with Gasteiger partial charge in [-0.15, -0.1) is 0 Å². The fourth-order valence-corrected chi connectivity index (χ4v) is 2.81. The van der Waals surface area contributed by atoms with Gasteiger partial charge in [0.05, 0.1) is 13.5 Å². The molecule has 0 aliphatic carbocycles. The van der Waals surface area contributed by atoms with Crippen LogP contribution in [0.25, 0.3) is 6.08 Å². The minimum atomic E-state index is -0.356. The van der Waals surface area contributed by atoms with Gasteiger partial charge in [0.1, 0.15) is 0 Å². The second-order valence-corrected chi connectivity index (χ2v) is 6.52. The van der Waals surface area contributed by atoms with Gasteiger partial charge in [-0.05, 0) is 36.3 Å². The van der Waals surface area contributed by atoms with Crippen LogP contribution in [0.2, 0.25) is 0 Å². The topological polar surface area (TPSA) is 65.1 Å². The molecule has 3 rings (SSSR count). The van der Waals surface area contributed by atoms with Crippen molar-refractivity contribution in [2.24, 2.45) is 0 Å². The first-order valence-corrected chi connectivity index (χ1v) is 9.04. The van der Waals surface area contributed by atoms with Gasteiger partial charge in [-0.25, -0.2) is 0 Å². The third-order valence-corrected chi connectivity index (χ3v) is 4.43. The van der Waals surface area contributed by atoms with E-state index in [4.69, 9.17) is 14.2 Å². The van der Waals surface area contributed by atoms with Gasteiger partial charge in [0, 0.05) is 19.2 Å². The smallest absolute Gasteiger partial charge is 0.307 e. The summed E-state index contributed by atoms with van der Waals surface area (Å²) < 4.78 is 15.4. The van der Waals surface area contributed by atoms with Crippen molar-refractivity contribution in [2.75, 3.05) is 20.4 Å². The standard InChI is InChI=1S/C22H23NO5/c1-16-3-5-17(6-4-16)8-10-21(24)23(12-11-22(25)26-2)14-18-7-9-19-20(13-18)28-15-27-19/h3-10,13H,11-12,14-15H2,1-2H3/b10-8+. The monoisotopic (exact) mass is 381 g/mol. The molecular weight excluding hydrogens is 358 g/mol. The van der Waals surface area contributed by atoms with Gasteiger partial charge in [-0.2, -0.15) is 0 Å². The summed E-state index contributed by atoms with van der Waals surface area (Å²) in [5, 5.41) is 0. The molecule has 28 heavy (non-hydrogen) atoms. The molecule has 0 unspecified atom stereocenters. The zero-order valence-electron chi connectivity index (χ0n) is 16.0. The molecule has 1 amide bonds. The summed E-state index contributed by atoms with van der Waals surface area (Å²) in [6, 6.07) is 13.5. The van der Waals surface area contributed by atoms with Crippen LogP contribution in [-0.4, -0.2) is 37.2 Å². The van der Waals surface area contributed by atoms with Crippen molar-refractivity contribution in [2.45, 2.75) is 19.9 Å². The highest BCUT2D eigenvalue weighted by Crippen LogP contribution is 2.32. The molecule has 0 spiro atoms. The molecule has 0 fully saturated rings. The lowest BCUT2D eigenvalue weighted by Gasteiger charge is -2.21. The van der Waals surface area contributed by atoms with E-state index in [-0.39, 0.29) is 31.6 Å². The zero-order valence-corrected chi connectivity index (χ0v) is 16.0. The number of benzene rings is 2. The van der Waals surface area contributed by atoms with Gasteiger partial charge in [-0.3, -0.25) is 9.59 Å². The van der Waals surface area contributed by atoms with E-state index in [1.165, 1.54) is 13.2 Å². The average molecular weight is 381 g/mol. The maximum absolute atomic E-state index is 12.8. The molecule has 0 N–H and O–H groups in total. The molecule has 0 saturated heterocycles. The number of carbonyl (C=O) groups excluding carboxylic acids is 2. The maximum Gasteiger partial charge on any atom is 0.307 e. The summed E-state index contributed by atoms with van der Waals surface area (Å²) in [6.45, 7) is 2.82. The van der Waals surface area contributed by atoms with E-state index >= 15 is 0 Å². The predicted octanol–water partition coefficient (Wildman–Crippen LogP) is 3.33. The number of methoxy groups -OCH3 is 1. The van der Waals surface area contributed by atoms with Crippen LogP contribution in [0.3, 0.4) is 0 Å². The van der Waals surface area contributed by atoms with Crippen LogP contribution in [0.4, 0.5) is 0 Å². The summed E-state index contributed by atoms with van der Waals surface area (Å²) in [7, 11) is 1.34. The molecule has 0 aromatic heterocycles. The van der Waals surface area contributed by atoms with Gasteiger partial charge in [0.2, 0.25) is 12.7 Å². The number of esters is 1. The quantitative estimate of drug-likeness (QED) is 0.544. The largest absolute Gasteiger partial charge is 0.469 e. The van der Waals surface area contributed by atoms with E-state index in [1.54, 1.807) is 11.0 Å². The Balaban J connectivity index is 1.72. The second-order valence-electron chi connectivity index (χ2n) is 6.52. The number of hydrogen-bond acceptors (Lipinski definition) is 5. The van der Waals surface area contributed by atoms with Crippen molar-refractivity contribution in [3.8, 4) is 11.5 Å². The number of aryl methyl sites for hydroxylation is 1. The van der Waals surface area contributed by atoms with Crippen molar-refractivity contribution in [1.29, 1.82) is 0 Å². The highest BCUT2D eigenvalue weighted by molar-refractivity contribution is 5.92. The van der Waals surface area contributed by atoms with Crippen molar-refractivity contribution < 1.29 is 23.8 Å². The van der Waals surface area contributed by atoms with E-state index in [0.29, 0.717) is 18.0 Å². The Morgan fingerprint density at radius 2 is 1.86 bits per heavy atom. The maximum atomic E-state index is 12.8. The number of carbonyl (C=O) groups is 2. The molecule has 2 aromatic rings. The molecule has 6 nitrogen and oxygen atoms in total. The van der Waals surface area contributed by atoms with E-state index in [9.17, 15) is 9.59 Å². The third-order valence-electron chi connectivity index (χ3n) is 4.43. The fourth-order valence-electron chi connectivity index (χ4n) is 2.81. The number of amides is 1. The molecular formula is C22H23NO5. The minimum absolute atomic E-state index is 0.130. The molecule has 0 bridgehead atoms. The molecule has 0 radical (unpaired) electrons. The molecule has 2 aromatic carbocycles. The summed E-state index contributed by atoms with van der Waals surface area (Å²) in [5.41, 5.74) is 2.99. The Kier molecular flexibility index (Phi) is 6.32. The Bertz CT molecular complexity index is 873. The van der Waals surface area contributed by atoms with Crippen LogP contribution in [0.5, 0.6) is 11.5 Å². The van der Waals surface area contributed by atoms with Gasteiger partial charge in [0.15, 0.2) is 11.5 Å². The Morgan fingerprint density at radius 1 is 1.11 bits per heavy atom. The first-order chi connectivity index (χ1) is 13.5. The lowest BCUT2D eigenvalue weighted by Crippen LogP contribution is -2.31. The molecule has 0 atom stereocenters. The highest BCUT2D eigenvalue weighted by atomic mass is 16.7. The van der Waals surface area contributed by atoms with E-state index in [2.05, 4.69) is 0 Å². The van der Waals surface area contributed by atoms with Crippen molar-refractivity contribution in [1.82, 2.24) is 4.90 Å². The zero-order chi connectivity index (χ0) is 19.9. The second kappa shape index (κ2) is 9.08. The molecule has 146 valence electrons. The average Bonchev–Trinajstić information content (AvgIpc) is 3.18. The summed E-state index contributed by atoms with van der Waals surface area (Å²) in [5.74, 6) is 0.816. The first kappa shape index (κ1) is 19.5. The summed E-state index contributed by atoms with van der Waals surface area (Å²) in [4.78, 5) is 25.9. The highest BCUT2D eigenvalue weighted by Gasteiger charge is 2.17. The number of fused-ring (bicyclic) bond motifs is 1. The van der Waals surface area contributed by atoms with Crippen molar-refractivity contribution in [3.63, 3.8) is 0 Å². The summed E-state index contributed by atoms with van der Waals surface area (Å²) >= 11 is 0. The van der Waals surface area contributed by atoms with Crippen LogP contribution >= 0.6 is 0 Å². The Hall–Kier alpha value is -3.28. The van der Waals surface area contributed by atoms with Crippen molar-refractivity contribution >= 4 is 18.0 Å². The number of hydrogen-bond donors (Lipinski definition) is 0. The Morgan fingerprint density at radius 3 is 2.61 bits per heavy atom. The van der Waals surface area contributed by atoms with Crippen LogP contribution in [0, 0.1) is 6.92 Å². The normalized spacial score (nSPS) is 12.2. The minimum Gasteiger partial charge on any atom is -0.469 e. The predicted molar refractivity (Wildman–Crippen MR) is 105 cm³/mol. The molecule has 1 aliphatic rings. The van der Waals surface area contributed by atoms with Gasteiger partial charge < -0.3 is 19.1 Å². The Labute approximate surface area is 164 Å². The SMILES string of the molecule is COC(=O)CCN(Cc1ccc2c(c1)OCO2)C(=O)/C=C/c1ccc(C)cc1. The lowest BCUT2D eigenvalue weighted by atomic mass is 10.1. The fraction of sp³-hybridized carbons (Fsp3) is 0.273. The molecule has 1 aliphatic heterocycles. The first-order valence-electron chi connectivity index (χ1n) is 9.04. The molecule has 0 saturated carbocycles. The van der Waals surface area contributed by atoms with E-state index < -0.39 is 0 Å². The van der Waals surface area contributed by atoms with Crippen LogP contribution in [-0.2, 0) is 20.9 Å². The van der Waals surface area contributed by atoms with Gasteiger partial charge in [0.25, 0.3) is 0 Å². The molecule has 1 heterocycles. The third kappa shape index (κ3) is 5.13. The van der Waals surface area contributed by atoms with E-state index in [0.717, 1.165) is 16.7 Å². The van der Waals surface area contributed by atoms with Crippen LogP contribution in [0.1, 0.15) is 23.1 Å². The molecule has 6 heteroatoms. The van der Waals surface area contributed by atoms with Crippen LogP contribution < -0.4 is 9.47 Å².